The van der Waals surface area contributed by atoms with E-state index in [4.69, 9.17) is 0 Å². The Bertz CT molecular complexity index is 1460. The van der Waals surface area contributed by atoms with Crippen LogP contribution in [-0.4, -0.2) is 73.0 Å². The molecule has 14 heteroatoms. The summed E-state index contributed by atoms with van der Waals surface area (Å²) in [6, 6.07) is 7.19. The second kappa shape index (κ2) is 19.8. The second-order valence-corrected chi connectivity index (χ2v) is 14.5. The third kappa shape index (κ3) is 12.7. The van der Waals surface area contributed by atoms with Gasteiger partial charge in [-0.15, -0.1) is 12.4 Å². The number of benzene rings is 2. The molecule has 3 rings (SSSR count). The molecule has 0 spiro atoms. The van der Waals surface area contributed by atoms with Crippen molar-refractivity contribution in [2.45, 2.75) is 108 Å². The van der Waals surface area contributed by atoms with Crippen molar-refractivity contribution in [1.29, 1.82) is 0 Å². The first-order chi connectivity index (χ1) is 22.3. The lowest BCUT2D eigenvalue weighted by molar-refractivity contribution is -0.130. The van der Waals surface area contributed by atoms with Crippen LogP contribution in [0.15, 0.2) is 42.5 Å². The molecule has 5 N–H and O–H groups in total. The first-order valence-electron chi connectivity index (χ1n) is 16.4. The van der Waals surface area contributed by atoms with Gasteiger partial charge in [0.15, 0.2) is 9.84 Å². The van der Waals surface area contributed by atoms with E-state index in [1.165, 1.54) is 0 Å². The molecule has 1 heterocycles. The van der Waals surface area contributed by atoms with E-state index < -0.39 is 68.5 Å². The van der Waals surface area contributed by atoms with E-state index in [1.807, 2.05) is 45.0 Å². The van der Waals surface area contributed by atoms with Gasteiger partial charge in [0.25, 0.3) is 0 Å². The lowest BCUT2D eigenvalue weighted by atomic mass is 10.00. The molecule has 2 aromatic rings. The van der Waals surface area contributed by atoms with Gasteiger partial charge >= 0.3 is 0 Å². The van der Waals surface area contributed by atoms with E-state index in [-0.39, 0.29) is 49.7 Å². The zero-order chi connectivity index (χ0) is 34.6. The maximum absolute atomic E-state index is 14.1. The van der Waals surface area contributed by atoms with Crippen molar-refractivity contribution in [2.24, 2.45) is 0 Å². The lowest BCUT2D eigenvalue weighted by Crippen LogP contribution is -2.58. The van der Waals surface area contributed by atoms with Gasteiger partial charge in [0.1, 0.15) is 23.7 Å². The van der Waals surface area contributed by atoms with Gasteiger partial charge in [-0.2, -0.15) is 0 Å². The van der Waals surface area contributed by atoms with Gasteiger partial charge in [0.2, 0.25) is 17.7 Å². The summed E-state index contributed by atoms with van der Waals surface area (Å²) in [5, 5.41) is 21.4. The third-order valence-electron chi connectivity index (χ3n) is 8.33. The van der Waals surface area contributed by atoms with E-state index in [0.717, 1.165) is 29.7 Å². The van der Waals surface area contributed by atoms with Gasteiger partial charge in [-0.25, -0.2) is 17.2 Å². The van der Waals surface area contributed by atoms with Crippen LogP contribution in [0.4, 0.5) is 8.78 Å². The van der Waals surface area contributed by atoms with Gasteiger partial charge in [0.05, 0.1) is 23.1 Å². The summed E-state index contributed by atoms with van der Waals surface area (Å²) in [6.07, 6.45) is 1.70. The molecule has 1 fully saturated rings. The molecule has 1 saturated heterocycles. The SMILES string of the molecule is CCCC(CCC)S(=O)(=O)CC(NC(=O)[C@@H]1CCC(=O)N1)C(=O)N[C@@H](Cc1cc(F)cc(F)c1)[C@H](O)CNCc1cccc(CC)c1.Cl. The van der Waals surface area contributed by atoms with Crippen LogP contribution in [-0.2, 0) is 43.6 Å². The van der Waals surface area contributed by atoms with Crippen molar-refractivity contribution in [1.82, 2.24) is 21.3 Å². The number of rotatable bonds is 19. The molecule has 0 aliphatic carbocycles. The zero-order valence-corrected chi connectivity index (χ0v) is 29.4. The average Bonchev–Trinajstić information content (AvgIpc) is 3.46. The number of aryl methyl sites for hydroxylation is 1. The maximum Gasteiger partial charge on any atom is 0.243 e. The molecule has 0 saturated carbocycles. The van der Waals surface area contributed by atoms with Gasteiger partial charge in [-0.05, 0) is 60.9 Å². The van der Waals surface area contributed by atoms with Gasteiger partial charge in [-0.3, -0.25) is 14.4 Å². The molecule has 268 valence electrons. The summed E-state index contributed by atoms with van der Waals surface area (Å²) in [4.78, 5) is 38.6. The zero-order valence-electron chi connectivity index (χ0n) is 27.8. The third-order valence-corrected chi connectivity index (χ3v) is 10.6. The summed E-state index contributed by atoms with van der Waals surface area (Å²) in [5.41, 5.74) is 2.28. The van der Waals surface area contributed by atoms with Gasteiger partial charge in [0, 0.05) is 25.6 Å². The minimum atomic E-state index is -3.88. The van der Waals surface area contributed by atoms with E-state index in [1.54, 1.807) is 0 Å². The molecule has 10 nitrogen and oxygen atoms in total. The molecule has 0 aromatic heterocycles. The average molecular weight is 715 g/mol. The van der Waals surface area contributed by atoms with Gasteiger partial charge < -0.3 is 26.4 Å². The molecule has 48 heavy (non-hydrogen) atoms. The number of hydrogen-bond donors (Lipinski definition) is 5. The van der Waals surface area contributed by atoms with Crippen LogP contribution in [0.2, 0.25) is 0 Å². The Hall–Kier alpha value is -3.13. The van der Waals surface area contributed by atoms with Crippen molar-refractivity contribution in [2.75, 3.05) is 12.3 Å². The number of carbonyl (C=O) groups is 3. The van der Waals surface area contributed by atoms with Gasteiger partial charge in [-0.1, -0.05) is 57.9 Å². The summed E-state index contributed by atoms with van der Waals surface area (Å²) < 4.78 is 55.3. The predicted molar refractivity (Wildman–Crippen MR) is 183 cm³/mol. The first kappa shape index (κ1) is 41.0. The van der Waals surface area contributed by atoms with Crippen LogP contribution < -0.4 is 21.3 Å². The maximum atomic E-state index is 14.1. The molecular formula is C34H49ClF2N4O6S. The van der Waals surface area contributed by atoms with Crippen LogP contribution in [0.25, 0.3) is 0 Å². The number of nitrogens with one attached hydrogen (secondary N) is 4. The number of hydrogen-bond acceptors (Lipinski definition) is 7. The second-order valence-electron chi connectivity index (χ2n) is 12.2. The Morgan fingerprint density at radius 2 is 1.62 bits per heavy atom. The number of halogens is 3. The monoisotopic (exact) mass is 714 g/mol. The fraction of sp³-hybridized carbons (Fsp3) is 0.559. The number of aliphatic hydroxyl groups is 1. The Balaban J connectivity index is 0.00000800. The first-order valence-corrected chi connectivity index (χ1v) is 18.1. The molecule has 3 amide bonds. The number of aliphatic hydroxyl groups excluding tert-OH is 1. The van der Waals surface area contributed by atoms with Crippen molar-refractivity contribution < 1.29 is 36.7 Å². The Morgan fingerprint density at radius 3 is 2.21 bits per heavy atom. The predicted octanol–water partition coefficient (Wildman–Crippen LogP) is 3.27. The Kier molecular flexibility index (Phi) is 16.9. The highest BCUT2D eigenvalue weighted by Gasteiger charge is 2.36. The van der Waals surface area contributed by atoms with Crippen LogP contribution >= 0.6 is 12.4 Å². The fourth-order valence-corrected chi connectivity index (χ4v) is 7.96. The number of carbonyl (C=O) groups excluding carboxylic acids is 3. The van der Waals surface area contributed by atoms with Crippen molar-refractivity contribution in [3.8, 4) is 0 Å². The molecule has 1 aliphatic rings. The molecule has 0 radical (unpaired) electrons. The summed E-state index contributed by atoms with van der Waals surface area (Å²) >= 11 is 0. The molecule has 1 aliphatic heterocycles. The molecular weight excluding hydrogens is 666 g/mol. The molecule has 2 aromatic carbocycles. The van der Waals surface area contributed by atoms with Crippen LogP contribution in [0.1, 0.15) is 76.0 Å². The lowest BCUT2D eigenvalue weighted by Gasteiger charge is -2.28. The minimum Gasteiger partial charge on any atom is -0.390 e. The Labute approximate surface area is 288 Å². The van der Waals surface area contributed by atoms with E-state index in [0.29, 0.717) is 38.3 Å². The topological polar surface area (TPSA) is 154 Å². The Morgan fingerprint density at radius 1 is 0.979 bits per heavy atom. The van der Waals surface area contributed by atoms with Crippen LogP contribution in [0, 0.1) is 11.6 Å². The fourth-order valence-electron chi connectivity index (χ4n) is 5.80. The minimum absolute atomic E-state index is 0. The summed E-state index contributed by atoms with van der Waals surface area (Å²) in [6.45, 7) is 6.15. The van der Waals surface area contributed by atoms with E-state index >= 15 is 0 Å². The summed E-state index contributed by atoms with van der Waals surface area (Å²) in [5.74, 6) is -4.27. The van der Waals surface area contributed by atoms with Crippen molar-refractivity contribution >= 4 is 40.0 Å². The largest absolute Gasteiger partial charge is 0.390 e. The van der Waals surface area contributed by atoms with Crippen LogP contribution in [0.5, 0.6) is 0 Å². The molecule has 1 unspecified atom stereocenters. The standard InChI is InChI=1S/C34H48F2N4O6S.ClH/c1-4-8-27(9-5-2)47(45,46)21-30(40-33(43)28-12-13-32(42)38-28)34(44)39-29(17-24-15-25(35)18-26(36)16-24)31(41)20-37-19-23-11-7-10-22(6-3)14-23;/h7,10-11,14-16,18,27-31,37,41H,4-6,8-9,12-13,17,19-21H2,1-3H3,(H,38,42)(H,39,44)(H,40,43);1H/t28-,29-,30?,31+;/m0./s1. The smallest absolute Gasteiger partial charge is 0.243 e. The van der Waals surface area contributed by atoms with Crippen molar-refractivity contribution in [3.05, 3.63) is 70.8 Å². The van der Waals surface area contributed by atoms with E-state index in [9.17, 15) is 36.7 Å². The summed E-state index contributed by atoms with van der Waals surface area (Å²) in [7, 11) is -3.88. The molecule has 4 atom stereocenters. The highest BCUT2D eigenvalue weighted by molar-refractivity contribution is 7.92. The van der Waals surface area contributed by atoms with Crippen molar-refractivity contribution in [3.63, 3.8) is 0 Å². The quantitative estimate of drug-likeness (QED) is 0.150. The number of sulfone groups is 1. The normalized spacial score (nSPS) is 16.5. The molecule has 0 bridgehead atoms. The van der Waals surface area contributed by atoms with E-state index in [2.05, 4.69) is 21.3 Å². The van der Waals surface area contributed by atoms with Crippen LogP contribution in [0.3, 0.4) is 0 Å². The highest BCUT2D eigenvalue weighted by Crippen LogP contribution is 2.18. The number of amides is 3. The highest BCUT2D eigenvalue weighted by atomic mass is 35.5.